The van der Waals surface area contributed by atoms with Crippen molar-refractivity contribution in [3.8, 4) is 0 Å². The molecule has 4 atom stereocenters. The first-order chi connectivity index (χ1) is 16.3. The number of rotatable bonds is 15. The lowest BCUT2D eigenvalue weighted by Crippen LogP contribution is -2.56. The summed E-state index contributed by atoms with van der Waals surface area (Å²) in [6.45, 7) is 0.198. The van der Waals surface area contributed by atoms with Crippen LogP contribution in [-0.4, -0.2) is 92.5 Å². The maximum atomic E-state index is 12.9. The quantitative estimate of drug-likeness (QED) is 0.122. The van der Waals surface area contributed by atoms with Crippen LogP contribution >= 0.6 is 0 Å². The molecule has 4 amide bonds. The second-order valence-electron chi connectivity index (χ2n) is 8.13. The summed E-state index contributed by atoms with van der Waals surface area (Å²) in [4.78, 5) is 83.5. The number of nitrogens with two attached hydrogens (primary N) is 2. The Labute approximate surface area is 200 Å². The smallest absolute Gasteiger partial charge is 0.326 e. The van der Waals surface area contributed by atoms with Crippen LogP contribution in [0.4, 0.5) is 0 Å². The van der Waals surface area contributed by atoms with Crippen molar-refractivity contribution in [1.82, 2.24) is 15.5 Å². The zero-order valence-electron chi connectivity index (χ0n) is 19.0. The molecule has 1 heterocycles. The van der Waals surface area contributed by atoms with Gasteiger partial charge in [0.25, 0.3) is 0 Å². The Hall–Kier alpha value is -3.75. The van der Waals surface area contributed by atoms with Gasteiger partial charge in [-0.05, 0) is 32.1 Å². The maximum Gasteiger partial charge on any atom is 0.326 e. The fourth-order valence-corrected chi connectivity index (χ4v) is 3.54. The fraction of sp³-hybridized carbons (Fsp3) is 0.650. The molecule has 0 bridgehead atoms. The largest absolute Gasteiger partial charge is 0.481 e. The normalized spacial score (nSPS) is 17.6. The van der Waals surface area contributed by atoms with Gasteiger partial charge in [-0.25, -0.2) is 4.79 Å². The van der Waals surface area contributed by atoms with Crippen LogP contribution in [0.2, 0.25) is 0 Å². The zero-order chi connectivity index (χ0) is 26.7. The third-order valence-corrected chi connectivity index (χ3v) is 5.40. The van der Waals surface area contributed by atoms with E-state index in [1.807, 2.05) is 0 Å². The summed E-state index contributed by atoms with van der Waals surface area (Å²) in [6.07, 6.45) is -1.33. The van der Waals surface area contributed by atoms with Gasteiger partial charge in [0.1, 0.15) is 18.1 Å². The van der Waals surface area contributed by atoms with Crippen molar-refractivity contribution in [2.24, 2.45) is 11.5 Å². The van der Waals surface area contributed by atoms with E-state index < -0.39 is 85.0 Å². The molecular weight excluding hydrogens is 470 g/mol. The van der Waals surface area contributed by atoms with Gasteiger partial charge in [-0.1, -0.05) is 0 Å². The van der Waals surface area contributed by atoms with Gasteiger partial charge in [0, 0.05) is 25.8 Å². The number of carbonyl (C=O) groups is 7. The topological polar surface area (TPSA) is 260 Å². The molecule has 9 N–H and O–H groups in total. The van der Waals surface area contributed by atoms with Crippen LogP contribution in [0.15, 0.2) is 0 Å². The molecule has 0 spiro atoms. The molecular formula is C20H31N5O10. The van der Waals surface area contributed by atoms with E-state index in [0.29, 0.717) is 6.42 Å². The van der Waals surface area contributed by atoms with Gasteiger partial charge in [-0.3, -0.25) is 28.8 Å². The number of nitrogens with zero attached hydrogens (tertiary/aromatic N) is 1. The highest BCUT2D eigenvalue weighted by Gasteiger charge is 2.38. The molecule has 1 rings (SSSR count). The van der Waals surface area contributed by atoms with E-state index in [1.54, 1.807) is 0 Å². The van der Waals surface area contributed by atoms with Crippen LogP contribution < -0.4 is 22.1 Å². The molecule has 1 aliphatic heterocycles. The molecule has 196 valence electrons. The molecule has 1 aliphatic rings. The van der Waals surface area contributed by atoms with Crippen LogP contribution in [0, 0.1) is 0 Å². The molecule has 15 nitrogen and oxygen atoms in total. The van der Waals surface area contributed by atoms with Gasteiger partial charge in [0.05, 0.1) is 6.04 Å². The standard InChI is InChI=1S/C20H31N5O10/c21-10(3-6-14(22)26)19(33)25-9-1-2-13(25)18(32)23-11(4-7-15(27)28)17(31)24-12(20(34)35)5-8-16(29)30/h10-13H,1-9,21H2,(H2,22,26)(H,23,32)(H,24,31)(H,27,28)(H,29,30)(H,34,35). The predicted octanol–water partition coefficient (Wildman–Crippen LogP) is -2.65. The number of hydrogen-bond acceptors (Lipinski definition) is 8. The molecule has 0 aliphatic carbocycles. The summed E-state index contributed by atoms with van der Waals surface area (Å²) in [5.74, 6) is -7.04. The van der Waals surface area contributed by atoms with Crippen LogP contribution in [0.1, 0.15) is 51.4 Å². The number of amides is 4. The molecule has 0 aromatic rings. The van der Waals surface area contributed by atoms with Crippen molar-refractivity contribution >= 4 is 41.5 Å². The Bertz CT molecular complexity index is 848. The first kappa shape index (κ1) is 29.3. The first-order valence-corrected chi connectivity index (χ1v) is 10.9. The Kier molecular flexibility index (Phi) is 11.6. The summed E-state index contributed by atoms with van der Waals surface area (Å²) in [5.41, 5.74) is 10.9. The van der Waals surface area contributed by atoms with Gasteiger partial charge in [-0.15, -0.1) is 0 Å². The first-order valence-electron chi connectivity index (χ1n) is 10.9. The highest BCUT2D eigenvalue weighted by molar-refractivity contribution is 5.94. The van der Waals surface area contributed by atoms with Crippen molar-refractivity contribution in [2.45, 2.75) is 75.5 Å². The third kappa shape index (κ3) is 9.95. The number of nitrogens with one attached hydrogen (secondary N) is 2. The number of carboxylic acid groups (broad SMARTS) is 3. The van der Waals surface area contributed by atoms with Crippen molar-refractivity contribution in [3.05, 3.63) is 0 Å². The molecule has 35 heavy (non-hydrogen) atoms. The average Bonchev–Trinajstić information content (AvgIpc) is 3.26. The van der Waals surface area contributed by atoms with Crippen LogP contribution in [-0.2, 0) is 33.6 Å². The highest BCUT2D eigenvalue weighted by Crippen LogP contribution is 2.19. The summed E-state index contributed by atoms with van der Waals surface area (Å²) in [5, 5.41) is 31.4. The summed E-state index contributed by atoms with van der Waals surface area (Å²) in [7, 11) is 0. The van der Waals surface area contributed by atoms with E-state index in [9.17, 15) is 38.7 Å². The van der Waals surface area contributed by atoms with Gasteiger partial charge in [0.2, 0.25) is 23.6 Å². The van der Waals surface area contributed by atoms with Crippen molar-refractivity contribution in [1.29, 1.82) is 0 Å². The van der Waals surface area contributed by atoms with E-state index in [0.717, 1.165) is 0 Å². The highest BCUT2D eigenvalue weighted by atomic mass is 16.4. The molecule has 1 saturated heterocycles. The maximum absolute atomic E-state index is 12.9. The number of likely N-dealkylation sites (tertiary alicyclic amines) is 1. The predicted molar refractivity (Wildman–Crippen MR) is 116 cm³/mol. The van der Waals surface area contributed by atoms with E-state index in [-0.39, 0.29) is 32.2 Å². The van der Waals surface area contributed by atoms with Crippen LogP contribution in [0.25, 0.3) is 0 Å². The van der Waals surface area contributed by atoms with Crippen molar-refractivity contribution < 1.29 is 48.9 Å². The Morgan fingerprint density at radius 3 is 1.94 bits per heavy atom. The Morgan fingerprint density at radius 1 is 0.857 bits per heavy atom. The number of carbonyl (C=O) groups excluding carboxylic acids is 4. The SMILES string of the molecule is NC(=O)CCC(N)C(=O)N1CCCC1C(=O)NC(CCC(=O)O)C(=O)NC(CCC(=O)O)C(=O)O. The van der Waals surface area contributed by atoms with Crippen LogP contribution in [0.3, 0.4) is 0 Å². The van der Waals surface area contributed by atoms with E-state index in [2.05, 4.69) is 10.6 Å². The molecule has 0 saturated carbocycles. The van der Waals surface area contributed by atoms with Crippen molar-refractivity contribution in [2.75, 3.05) is 6.54 Å². The number of primary amides is 1. The molecule has 4 unspecified atom stereocenters. The lowest BCUT2D eigenvalue weighted by atomic mass is 10.1. The van der Waals surface area contributed by atoms with Gasteiger partial charge < -0.3 is 42.3 Å². The fourth-order valence-electron chi connectivity index (χ4n) is 3.54. The lowest BCUT2D eigenvalue weighted by molar-refractivity contribution is -0.144. The summed E-state index contributed by atoms with van der Waals surface area (Å²) in [6, 6.07) is -5.11. The minimum Gasteiger partial charge on any atom is -0.481 e. The van der Waals surface area contributed by atoms with E-state index in [4.69, 9.17) is 21.7 Å². The minimum atomic E-state index is -1.57. The number of aliphatic carboxylic acids is 3. The van der Waals surface area contributed by atoms with Gasteiger partial charge in [-0.2, -0.15) is 0 Å². The number of carboxylic acids is 3. The molecule has 15 heteroatoms. The van der Waals surface area contributed by atoms with Gasteiger partial charge >= 0.3 is 17.9 Å². The number of hydrogen-bond donors (Lipinski definition) is 7. The molecule has 0 aromatic heterocycles. The van der Waals surface area contributed by atoms with Gasteiger partial charge in [0.15, 0.2) is 0 Å². The molecule has 0 radical (unpaired) electrons. The van der Waals surface area contributed by atoms with Crippen molar-refractivity contribution in [3.63, 3.8) is 0 Å². The Balaban J connectivity index is 2.92. The second-order valence-corrected chi connectivity index (χ2v) is 8.13. The summed E-state index contributed by atoms with van der Waals surface area (Å²) >= 11 is 0. The minimum absolute atomic E-state index is 0.0183. The lowest BCUT2D eigenvalue weighted by Gasteiger charge is -2.28. The monoisotopic (exact) mass is 501 g/mol. The van der Waals surface area contributed by atoms with Crippen LogP contribution in [0.5, 0.6) is 0 Å². The van der Waals surface area contributed by atoms with E-state index in [1.165, 1.54) is 4.90 Å². The van der Waals surface area contributed by atoms with E-state index >= 15 is 0 Å². The molecule has 0 aromatic carbocycles. The third-order valence-electron chi connectivity index (χ3n) is 5.40. The molecule has 1 fully saturated rings. The Morgan fingerprint density at radius 2 is 1.43 bits per heavy atom. The summed E-state index contributed by atoms with van der Waals surface area (Å²) < 4.78 is 0. The average molecular weight is 501 g/mol. The second kappa shape index (κ2) is 13.8. The zero-order valence-corrected chi connectivity index (χ0v) is 19.0.